The summed E-state index contributed by atoms with van der Waals surface area (Å²) in [5.41, 5.74) is 7.21. The van der Waals surface area contributed by atoms with Crippen molar-refractivity contribution >= 4 is 15.9 Å². The number of benzene rings is 1. The van der Waals surface area contributed by atoms with Gasteiger partial charge in [-0.3, -0.25) is 0 Å². The number of rotatable bonds is 6. The predicted octanol–water partition coefficient (Wildman–Crippen LogP) is 3.91. The number of hydrogen-bond acceptors (Lipinski definition) is 2. The minimum Gasteiger partial charge on any atom is -0.489 e. The van der Waals surface area contributed by atoms with Gasteiger partial charge < -0.3 is 10.5 Å². The first-order valence-electron chi connectivity index (χ1n) is 6.28. The van der Waals surface area contributed by atoms with E-state index in [2.05, 4.69) is 42.8 Å². The van der Waals surface area contributed by atoms with E-state index in [0.29, 0.717) is 0 Å². The maximum absolute atomic E-state index is 6.02. The standard InChI is InChI=1S/C14H22BrNO/c1-4-10(3)17-14-11(9-12(16)5-2)7-6-8-13(14)15/h6-8,10,12H,4-5,9,16H2,1-3H3. The Balaban J connectivity index is 2.91. The van der Waals surface area contributed by atoms with Crippen molar-refractivity contribution < 1.29 is 4.74 Å². The number of halogens is 1. The van der Waals surface area contributed by atoms with Gasteiger partial charge >= 0.3 is 0 Å². The zero-order valence-corrected chi connectivity index (χ0v) is 12.5. The van der Waals surface area contributed by atoms with Crippen LogP contribution in [0.1, 0.15) is 39.2 Å². The molecular formula is C14H22BrNO. The summed E-state index contributed by atoms with van der Waals surface area (Å²) in [7, 11) is 0. The molecule has 1 aromatic rings. The lowest BCUT2D eigenvalue weighted by atomic mass is 10.0. The van der Waals surface area contributed by atoms with Crippen LogP contribution >= 0.6 is 15.9 Å². The normalized spacial score (nSPS) is 14.4. The molecule has 0 spiro atoms. The Bertz CT molecular complexity index is 354. The Morgan fingerprint density at radius 3 is 2.59 bits per heavy atom. The summed E-state index contributed by atoms with van der Waals surface area (Å²) in [4.78, 5) is 0. The molecular weight excluding hydrogens is 278 g/mol. The quantitative estimate of drug-likeness (QED) is 0.864. The summed E-state index contributed by atoms with van der Waals surface area (Å²) < 4.78 is 6.98. The average molecular weight is 300 g/mol. The van der Waals surface area contributed by atoms with E-state index in [1.165, 1.54) is 5.56 Å². The first-order valence-corrected chi connectivity index (χ1v) is 7.07. The van der Waals surface area contributed by atoms with Crippen molar-refractivity contribution in [3.63, 3.8) is 0 Å². The molecule has 0 aromatic heterocycles. The first kappa shape index (κ1) is 14.5. The highest BCUT2D eigenvalue weighted by atomic mass is 79.9. The van der Waals surface area contributed by atoms with E-state index < -0.39 is 0 Å². The highest BCUT2D eigenvalue weighted by Crippen LogP contribution is 2.31. The number of nitrogens with two attached hydrogens (primary N) is 1. The van der Waals surface area contributed by atoms with Crippen LogP contribution in [-0.4, -0.2) is 12.1 Å². The lowest BCUT2D eigenvalue weighted by molar-refractivity contribution is 0.213. The molecule has 96 valence electrons. The fourth-order valence-electron chi connectivity index (χ4n) is 1.56. The smallest absolute Gasteiger partial charge is 0.137 e. The summed E-state index contributed by atoms with van der Waals surface area (Å²) in [5, 5.41) is 0. The van der Waals surface area contributed by atoms with E-state index in [9.17, 15) is 0 Å². The van der Waals surface area contributed by atoms with Crippen molar-refractivity contribution in [2.24, 2.45) is 5.73 Å². The molecule has 0 amide bonds. The lowest BCUT2D eigenvalue weighted by Crippen LogP contribution is -2.22. The number of para-hydroxylation sites is 1. The molecule has 0 radical (unpaired) electrons. The van der Waals surface area contributed by atoms with Crippen LogP contribution in [0.5, 0.6) is 5.75 Å². The SMILES string of the molecule is CCC(N)Cc1cccc(Br)c1OC(C)CC. The summed E-state index contributed by atoms with van der Waals surface area (Å²) >= 11 is 3.55. The van der Waals surface area contributed by atoms with Gasteiger partial charge in [-0.2, -0.15) is 0 Å². The average Bonchev–Trinajstić information content (AvgIpc) is 2.33. The van der Waals surface area contributed by atoms with Crippen LogP contribution in [0.15, 0.2) is 22.7 Å². The van der Waals surface area contributed by atoms with Crippen molar-refractivity contribution in [3.8, 4) is 5.75 Å². The van der Waals surface area contributed by atoms with Crippen LogP contribution in [0, 0.1) is 0 Å². The largest absolute Gasteiger partial charge is 0.489 e. The maximum atomic E-state index is 6.02. The Hall–Kier alpha value is -0.540. The molecule has 2 nitrogen and oxygen atoms in total. The van der Waals surface area contributed by atoms with Gasteiger partial charge in [0.05, 0.1) is 10.6 Å². The van der Waals surface area contributed by atoms with Gasteiger partial charge in [-0.1, -0.05) is 26.0 Å². The molecule has 1 rings (SSSR count). The van der Waals surface area contributed by atoms with Gasteiger partial charge in [0.2, 0.25) is 0 Å². The molecule has 0 aliphatic rings. The molecule has 3 heteroatoms. The van der Waals surface area contributed by atoms with Crippen molar-refractivity contribution in [1.29, 1.82) is 0 Å². The zero-order chi connectivity index (χ0) is 12.8. The molecule has 2 N–H and O–H groups in total. The van der Waals surface area contributed by atoms with Crippen molar-refractivity contribution in [3.05, 3.63) is 28.2 Å². The van der Waals surface area contributed by atoms with Crippen LogP contribution in [0.25, 0.3) is 0 Å². The van der Waals surface area contributed by atoms with Gasteiger partial charge in [-0.25, -0.2) is 0 Å². The molecule has 0 aliphatic heterocycles. The minimum absolute atomic E-state index is 0.198. The topological polar surface area (TPSA) is 35.2 Å². The van der Waals surface area contributed by atoms with Crippen molar-refractivity contribution in [2.75, 3.05) is 0 Å². The second-order valence-electron chi connectivity index (χ2n) is 4.44. The molecule has 0 fully saturated rings. The van der Waals surface area contributed by atoms with Crippen LogP contribution in [0.2, 0.25) is 0 Å². The van der Waals surface area contributed by atoms with Crippen LogP contribution in [0.4, 0.5) is 0 Å². The molecule has 17 heavy (non-hydrogen) atoms. The molecule has 0 saturated heterocycles. The molecule has 0 aliphatic carbocycles. The fourth-order valence-corrected chi connectivity index (χ4v) is 2.06. The highest BCUT2D eigenvalue weighted by Gasteiger charge is 2.13. The van der Waals surface area contributed by atoms with Crippen LogP contribution in [-0.2, 0) is 6.42 Å². The van der Waals surface area contributed by atoms with Gasteiger partial charge in [0, 0.05) is 6.04 Å². The number of hydrogen-bond donors (Lipinski definition) is 1. The van der Waals surface area contributed by atoms with Gasteiger partial charge in [-0.15, -0.1) is 0 Å². The first-order chi connectivity index (χ1) is 8.08. The Morgan fingerprint density at radius 2 is 2.00 bits per heavy atom. The molecule has 0 heterocycles. The van der Waals surface area contributed by atoms with Gasteiger partial charge in [0.25, 0.3) is 0 Å². The molecule has 1 aromatic carbocycles. The van der Waals surface area contributed by atoms with E-state index in [1.54, 1.807) is 0 Å². The summed E-state index contributed by atoms with van der Waals surface area (Å²) in [6.45, 7) is 6.32. The Labute approximate surface area is 113 Å². The Kier molecular flexibility index (Phi) is 6.00. The molecule has 0 bridgehead atoms. The minimum atomic E-state index is 0.198. The third kappa shape index (κ3) is 4.32. The molecule has 2 unspecified atom stereocenters. The van der Waals surface area contributed by atoms with E-state index >= 15 is 0 Å². The summed E-state index contributed by atoms with van der Waals surface area (Å²) in [6, 6.07) is 6.34. The predicted molar refractivity (Wildman–Crippen MR) is 76.5 cm³/mol. The third-order valence-electron chi connectivity index (χ3n) is 2.95. The summed E-state index contributed by atoms with van der Waals surface area (Å²) in [5.74, 6) is 0.950. The van der Waals surface area contributed by atoms with E-state index in [-0.39, 0.29) is 12.1 Å². The third-order valence-corrected chi connectivity index (χ3v) is 3.57. The zero-order valence-electron chi connectivity index (χ0n) is 10.9. The lowest BCUT2D eigenvalue weighted by Gasteiger charge is -2.19. The second-order valence-corrected chi connectivity index (χ2v) is 5.29. The maximum Gasteiger partial charge on any atom is 0.137 e. The summed E-state index contributed by atoms with van der Waals surface area (Å²) in [6.07, 6.45) is 3.07. The van der Waals surface area contributed by atoms with Crippen LogP contribution < -0.4 is 10.5 Å². The van der Waals surface area contributed by atoms with E-state index in [1.807, 2.05) is 12.1 Å². The van der Waals surface area contributed by atoms with Crippen molar-refractivity contribution in [1.82, 2.24) is 0 Å². The number of ether oxygens (including phenoxy) is 1. The van der Waals surface area contributed by atoms with Gasteiger partial charge in [0.15, 0.2) is 0 Å². The monoisotopic (exact) mass is 299 g/mol. The second kappa shape index (κ2) is 7.02. The van der Waals surface area contributed by atoms with Crippen molar-refractivity contribution in [2.45, 2.75) is 52.2 Å². The highest BCUT2D eigenvalue weighted by molar-refractivity contribution is 9.10. The fraction of sp³-hybridized carbons (Fsp3) is 0.571. The van der Waals surface area contributed by atoms with Gasteiger partial charge in [0.1, 0.15) is 5.75 Å². The van der Waals surface area contributed by atoms with Crippen LogP contribution in [0.3, 0.4) is 0 Å². The molecule has 2 atom stereocenters. The molecule has 0 saturated carbocycles. The Morgan fingerprint density at radius 1 is 1.29 bits per heavy atom. The van der Waals surface area contributed by atoms with Gasteiger partial charge in [-0.05, 0) is 53.7 Å². The van der Waals surface area contributed by atoms with E-state index in [0.717, 1.165) is 29.5 Å². The van der Waals surface area contributed by atoms with E-state index in [4.69, 9.17) is 10.5 Å².